The van der Waals surface area contributed by atoms with Crippen LogP contribution in [0.5, 0.6) is 0 Å². The number of nitrogens with two attached hydrogens (primary N) is 1. The fraction of sp³-hybridized carbons (Fsp3) is 1.00. The molecule has 1 heterocycles. The van der Waals surface area contributed by atoms with E-state index in [2.05, 4.69) is 16.8 Å². The van der Waals surface area contributed by atoms with Crippen LogP contribution >= 0.6 is 0 Å². The van der Waals surface area contributed by atoms with Crippen molar-refractivity contribution in [1.29, 1.82) is 0 Å². The summed E-state index contributed by atoms with van der Waals surface area (Å²) in [6.45, 7) is 7.18. The molecule has 2 atom stereocenters. The Kier molecular flexibility index (Phi) is 2.86. The van der Waals surface area contributed by atoms with Crippen LogP contribution in [-0.4, -0.2) is 56.1 Å². The van der Waals surface area contributed by atoms with E-state index in [4.69, 9.17) is 5.73 Å². The second-order valence-electron chi connectivity index (χ2n) is 4.60. The molecule has 2 aliphatic rings. The Labute approximate surface area is 80.9 Å². The highest BCUT2D eigenvalue weighted by Crippen LogP contribution is 2.37. The number of rotatable bonds is 3. The lowest BCUT2D eigenvalue weighted by molar-refractivity contribution is 0.147. The van der Waals surface area contributed by atoms with Gasteiger partial charge in [0.05, 0.1) is 0 Å². The standard InChI is InChI=1S/C10H21N3/c1-12-2-4-13(5-3-12)8-10-6-9(10)7-11/h9-10H,2-8,11H2,1H3/t9-,10+/m0/s1. The summed E-state index contributed by atoms with van der Waals surface area (Å²) in [6.07, 6.45) is 1.38. The topological polar surface area (TPSA) is 32.5 Å². The van der Waals surface area contributed by atoms with Crippen molar-refractivity contribution in [3.63, 3.8) is 0 Å². The highest BCUT2D eigenvalue weighted by molar-refractivity contribution is 4.89. The van der Waals surface area contributed by atoms with Gasteiger partial charge >= 0.3 is 0 Å². The van der Waals surface area contributed by atoms with Crippen molar-refractivity contribution in [1.82, 2.24) is 9.80 Å². The van der Waals surface area contributed by atoms with Crippen LogP contribution in [0.3, 0.4) is 0 Å². The van der Waals surface area contributed by atoms with E-state index >= 15 is 0 Å². The van der Waals surface area contributed by atoms with Crippen LogP contribution in [0, 0.1) is 11.8 Å². The Morgan fingerprint density at radius 1 is 1.15 bits per heavy atom. The zero-order valence-corrected chi connectivity index (χ0v) is 8.58. The molecular formula is C10H21N3. The van der Waals surface area contributed by atoms with Gasteiger partial charge < -0.3 is 15.5 Å². The molecule has 0 spiro atoms. The molecule has 2 rings (SSSR count). The first-order valence-corrected chi connectivity index (χ1v) is 5.40. The van der Waals surface area contributed by atoms with E-state index in [0.29, 0.717) is 0 Å². The maximum atomic E-state index is 5.62. The smallest absolute Gasteiger partial charge is 0.0110 e. The first-order chi connectivity index (χ1) is 6.29. The third-order valence-electron chi connectivity index (χ3n) is 3.46. The van der Waals surface area contributed by atoms with Crippen molar-refractivity contribution >= 4 is 0 Å². The summed E-state index contributed by atoms with van der Waals surface area (Å²) < 4.78 is 0. The molecule has 0 unspecified atom stereocenters. The minimum atomic E-state index is 0.847. The van der Waals surface area contributed by atoms with Gasteiger partial charge in [-0.25, -0.2) is 0 Å². The molecule has 1 saturated heterocycles. The molecule has 0 aromatic heterocycles. The molecule has 0 aromatic carbocycles. The molecule has 0 amide bonds. The molecule has 1 aliphatic heterocycles. The van der Waals surface area contributed by atoms with Crippen LogP contribution in [0.2, 0.25) is 0 Å². The average molecular weight is 183 g/mol. The largest absolute Gasteiger partial charge is 0.330 e. The maximum Gasteiger partial charge on any atom is 0.0110 e. The van der Waals surface area contributed by atoms with Crippen LogP contribution in [0.4, 0.5) is 0 Å². The summed E-state index contributed by atoms with van der Waals surface area (Å²) in [6, 6.07) is 0. The quantitative estimate of drug-likeness (QED) is 0.659. The Hall–Kier alpha value is -0.120. The van der Waals surface area contributed by atoms with Crippen molar-refractivity contribution in [2.75, 3.05) is 46.3 Å². The fourth-order valence-corrected chi connectivity index (χ4v) is 2.18. The van der Waals surface area contributed by atoms with E-state index in [1.807, 2.05) is 0 Å². The number of hydrogen-bond acceptors (Lipinski definition) is 3. The van der Waals surface area contributed by atoms with Gasteiger partial charge in [-0.3, -0.25) is 0 Å². The van der Waals surface area contributed by atoms with Gasteiger partial charge in [0.2, 0.25) is 0 Å². The highest BCUT2D eigenvalue weighted by atomic mass is 15.2. The number of nitrogens with zero attached hydrogens (tertiary/aromatic N) is 2. The molecule has 0 aromatic rings. The van der Waals surface area contributed by atoms with Gasteiger partial charge in [0.25, 0.3) is 0 Å². The van der Waals surface area contributed by atoms with Crippen LogP contribution in [0.15, 0.2) is 0 Å². The SMILES string of the molecule is CN1CCN(C[C@H]2C[C@H]2CN)CC1. The summed E-state index contributed by atoms with van der Waals surface area (Å²) in [5, 5.41) is 0. The molecule has 2 N–H and O–H groups in total. The average Bonchev–Trinajstić information content (AvgIpc) is 2.88. The van der Waals surface area contributed by atoms with E-state index in [1.54, 1.807) is 0 Å². The van der Waals surface area contributed by atoms with Crippen LogP contribution in [-0.2, 0) is 0 Å². The monoisotopic (exact) mass is 183 g/mol. The molecule has 13 heavy (non-hydrogen) atoms. The zero-order valence-electron chi connectivity index (χ0n) is 8.58. The predicted molar refractivity (Wildman–Crippen MR) is 54.6 cm³/mol. The van der Waals surface area contributed by atoms with E-state index in [1.165, 1.54) is 39.1 Å². The summed E-state index contributed by atoms with van der Waals surface area (Å²) in [4.78, 5) is 5.00. The van der Waals surface area contributed by atoms with Crippen molar-refractivity contribution in [3.05, 3.63) is 0 Å². The molecule has 1 aliphatic carbocycles. The fourth-order valence-electron chi connectivity index (χ4n) is 2.18. The van der Waals surface area contributed by atoms with Crippen LogP contribution in [0.25, 0.3) is 0 Å². The Morgan fingerprint density at radius 3 is 2.38 bits per heavy atom. The summed E-state index contributed by atoms with van der Waals surface area (Å²) in [7, 11) is 2.21. The number of piperazine rings is 1. The van der Waals surface area contributed by atoms with Crippen LogP contribution < -0.4 is 5.73 Å². The summed E-state index contributed by atoms with van der Waals surface area (Å²) in [5.74, 6) is 1.77. The first kappa shape index (κ1) is 9.44. The molecular weight excluding hydrogens is 162 g/mol. The molecule has 3 nitrogen and oxygen atoms in total. The summed E-state index contributed by atoms with van der Waals surface area (Å²) >= 11 is 0. The highest BCUT2D eigenvalue weighted by Gasteiger charge is 2.36. The number of likely N-dealkylation sites (N-methyl/N-ethyl adjacent to an activating group) is 1. The zero-order chi connectivity index (χ0) is 9.26. The summed E-state index contributed by atoms with van der Waals surface area (Å²) in [5.41, 5.74) is 5.62. The third kappa shape index (κ3) is 2.42. The van der Waals surface area contributed by atoms with Crippen molar-refractivity contribution in [3.8, 4) is 0 Å². The molecule has 76 valence electrons. The minimum absolute atomic E-state index is 0.847. The van der Waals surface area contributed by atoms with Crippen molar-refractivity contribution < 1.29 is 0 Å². The van der Waals surface area contributed by atoms with Gasteiger partial charge in [-0.1, -0.05) is 0 Å². The molecule has 2 fully saturated rings. The third-order valence-corrected chi connectivity index (χ3v) is 3.46. The molecule has 3 heteroatoms. The normalized spacial score (nSPS) is 36.5. The van der Waals surface area contributed by atoms with E-state index in [-0.39, 0.29) is 0 Å². The van der Waals surface area contributed by atoms with E-state index < -0.39 is 0 Å². The lowest BCUT2D eigenvalue weighted by atomic mass is 10.2. The maximum absolute atomic E-state index is 5.62. The van der Waals surface area contributed by atoms with Gasteiger partial charge in [0, 0.05) is 32.7 Å². The van der Waals surface area contributed by atoms with E-state index in [0.717, 1.165) is 18.4 Å². The van der Waals surface area contributed by atoms with Crippen LogP contribution in [0.1, 0.15) is 6.42 Å². The number of hydrogen-bond donors (Lipinski definition) is 1. The lowest BCUT2D eigenvalue weighted by Gasteiger charge is -2.32. The molecule has 1 saturated carbocycles. The van der Waals surface area contributed by atoms with Gasteiger partial charge in [-0.05, 0) is 31.8 Å². The Morgan fingerprint density at radius 2 is 1.85 bits per heavy atom. The van der Waals surface area contributed by atoms with Gasteiger partial charge in [-0.15, -0.1) is 0 Å². The van der Waals surface area contributed by atoms with Crippen molar-refractivity contribution in [2.24, 2.45) is 17.6 Å². The Balaban J connectivity index is 1.66. The molecule has 0 bridgehead atoms. The van der Waals surface area contributed by atoms with Gasteiger partial charge in [0.1, 0.15) is 0 Å². The Bertz CT molecular complexity index is 164. The lowest BCUT2D eigenvalue weighted by Crippen LogP contribution is -2.45. The van der Waals surface area contributed by atoms with Crippen molar-refractivity contribution in [2.45, 2.75) is 6.42 Å². The van der Waals surface area contributed by atoms with Gasteiger partial charge in [0.15, 0.2) is 0 Å². The van der Waals surface area contributed by atoms with E-state index in [9.17, 15) is 0 Å². The molecule has 0 radical (unpaired) electrons. The second-order valence-corrected chi connectivity index (χ2v) is 4.60. The predicted octanol–water partition coefficient (Wildman–Crippen LogP) is -0.171. The minimum Gasteiger partial charge on any atom is -0.330 e. The second kappa shape index (κ2) is 3.95. The first-order valence-electron chi connectivity index (χ1n) is 5.40. The van der Waals surface area contributed by atoms with Gasteiger partial charge in [-0.2, -0.15) is 0 Å².